The quantitative estimate of drug-likeness (QED) is 0.108. The molecule has 0 spiro atoms. The molecule has 5 heterocycles. The lowest BCUT2D eigenvalue weighted by Gasteiger charge is -2.09. The number of fused-ring (bicyclic) bond motifs is 4. The maximum absolute atomic E-state index is 5.89. The lowest BCUT2D eigenvalue weighted by molar-refractivity contribution is -0.00902. The molecule has 58 heavy (non-hydrogen) atoms. The summed E-state index contributed by atoms with van der Waals surface area (Å²) in [5, 5.41) is 8.80. The molecule has 0 aliphatic carbocycles. The summed E-state index contributed by atoms with van der Waals surface area (Å²) in [7, 11) is 0. The van der Waals surface area contributed by atoms with Crippen molar-refractivity contribution in [1.82, 2.24) is 0 Å². The van der Waals surface area contributed by atoms with Crippen molar-refractivity contribution >= 4 is 141 Å². The highest BCUT2D eigenvalue weighted by Gasteiger charge is 2.28. The van der Waals surface area contributed by atoms with Gasteiger partial charge in [-0.15, -0.1) is 47.0 Å². The molecule has 4 bridgehead atoms. The van der Waals surface area contributed by atoms with Gasteiger partial charge < -0.3 is 47.4 Å². The first-order chi connectivity index (χ1) is 28.8. The van der Waals surface area contributed by atoms with E-state index in [-0.39, 0.29) is 0 Å². The Hall–Kier alpha value is 2.24. The van der Waals surface area contributed by atoms with Crippen LogP contribution in [0.15, 0.2) is 55.5 Å². The van der Waals surface area contributed by atoms with Gasteiger partial charge in [0.05, 0.1) is 166 Å². The minimum atomic E-state index is 0.539. The van der Waals surface area contributed by atoms with E-state index in [0.29, 0.717) is 126 Å². The topological polar surface area (TPSA) is 92.3 Å². The van der Waals surface area contributed by atoms with Gasteiger partial charge in [-0.2, -0.15) is 0 Å². The Kier molecular flexibility index (Phi) is 30.5. The second-order valence-electron chi connectivity index (χ2n) is 11.3. The largest absolute Gasteiger partial charge is 0.378 e. The standard InChI is InChI=1S/C36H52O10S12/c1(5-39-9-13-43-17-21-47-29-27-53-32(55-29)31-51-25-26-52-31)37-3-7-41-11-15-45-19-23-49-33-34-50-24-20-46-16-12-42-8-4-38-2-6-40-10-14-44-18-22-48-30-28-54-35(56-30)36(57-33)58-34/h25-28H,1-24H2. The van der Waals surface area contributed by atoms with Gasteiger partial charge >= 0.3 is 0 Å². The first-order valence-electron chi connectivity index (χ1n) is 18.8. The average molecular weight is 1030 g/mol. The molecular formula is C36H52O10S12. The Balaban J connectivity index is 0.845. The fourth-order valence-corrected chi connectivity index (χ4v) is 19.8. The minimum Gasteiger partial charge on any atom is -0.378 e. The van der Waals surface area contributed by atoms with Crippen LogP contribution in [-0.4, -0.2) is 155 Å². The molecule has 0 saturated carbocycles. The molecule has 0 saturated heterocycles. The molecule has 22 heteroatoms. The van der Waals surface area contributed by atoms with Crippen LogP contribution in [0.25, 0.3) is 0 Å². The first kappa shape index (κ1) is 51.2. The molecule has 5 rings (SSSR count). The maximum atomic E-state index is 5.89. The molecule has 5 aliphatic heterocycles. The third-order valence-electron chi connectivity index (χ3n) is 7.03. The van der Waals surface area contributed by atoms with Crippen LogP contribution in [0, 0.1) is 0 Å². The number of ether oxygens (including phenoxy) is 10. The van der Waals surface area contributed by atoms with Gasteiger partial charge in [0.25, 0.3) is 0 Å². The Labute approximate surface area is 395 Å². The van der Waals surface area contributed by atoms with E-state index in [1.165, 1.54) is 33.9 Å². The van der Waals surface area contributed by atoms with Crippen LogP contribution in [-0.2, 0) is 47.4 Å². The highest BCUT2D eigenvalue weighted by atomic mass is 32.3. The van der Waals surface area contributed by atoms with Gasteiger partial charge in [-0.3, -0.25) is 0 Å². The number of rotatable bonds is 20. The summed E-state index contributed by atoms with van der Waals surface area (Å²) in [5.41, 5.74) is 0. The minimum absolute atomic E-state index is 0.539. The zero-order valence-electron chi connectivity index (χ0n) is 32.3. The molecule has 0 atom stereocenters. The van der Waals surface area contributed by atoms with Crippen LogP contribution in [0.2, 0.25) is 0 Å². The SMILES string of the molecule is C1=CSC(=C2SC=C(SCCOCCOCCOCCOCCOCCSC3=C4SCCOCCOCCOCCOCCOCCSC5=CSC(=C(S3)S4)S5)S2)S1. The zero-order chi connectivity index (χ0) is 40.0. The van der Waals surface area contributed by atoms with Gasteiger partial charge in [-0.25, -0.2) is 0 Å². The fourth-order valence-electron chi connectivity index (χ4n) is 4.38. The van der Waals surface area contributed by atoms with Crippen molar-refractivity contribution in [2.24, 2.45) is 0 Å². The van der Waals surface area contributed by atoms with Gasteiger partial charge in [0.15, 0.2) is 0 Å². The number of hydrogen-bond donors (Lipinski definition) is 0. The lowest BCUT2D eigenvalue weighted by atomic mass is 10.7. The third kappa shape index (κ3) is 22.9. The van der Waals surface area contributed by atoms with Crippen molar-refractivity contribution in [2.75, 3.05) is 155 Å². The van der Waals surface area contributed by atoms with Crippen molar-refractivity contribution < 1.29 is 47.4 Å². The first-order valence-corrected chi connectivity index (χ1v) is 29.5. The smallest absolute Gasteiger partial charge is 0.0717 e. The van der Waals surface area contributed by atoms with Gasteiger partial charge in [0.1, 0.15) is 0 Å². The summed E-state index contributed by atoms with van der Waals surface area (Å²) >= 11 is 22.2. The number of thioether (sulfide) groups is 12. The highest BCUT2D eigenvalue weighted by Crippen LogP contribution is 2.63. The van der Waals surface area contributed by atoms with Crippen molar-refractivity contribution in [3.05, 3.63) is 55.5 Å². The van der Waals surface area contributed by atoms with E-state index in [4.69, 9.17) is 47.4 Å². The molecule has 0 aromatic heterocycles. The third-order valence-corrected chi connectivity index (χ3v) is 23.0. The molecule has 0 aromatic rings. The Morgan fingerprint density at radius 3 is 1.48 bits per heavy atom. The van der Waals surface area contributed by atoms with Crippen molar-refractivity contribution in [1.29, 1.82) is 0 Å². The fraction of sp³-hybridized carbons (Fsp3) is 0.667. The Morgan fingerprint density at radius 2 is 0.897 bits per heavy atom. The summed E-state index contributed by atoms with van der Waals surface area (Å²) < 4.78 is 67.8. The van der Waals surface area contributed by atoms with Crippen LogP contribution in [0.1, 0.15) is 0 Å². The molecule has 0 radical (unpaired) electrons. The van der Waals surface area contributed by atoms with Crippen LogP contribution in [0.4, 0.5) is 0 Å². The molecule has 328 valence electrons. The van der Waals surface area contributed by atoms with E-state index in [9.17, 15) is 0 Å². The summed E-state index contributed by atoms with van der Waals surface area (Å²) in [6, 6.07) is 0. The monoisotopic (exact) mass is 1030 g/mol. The van der Waals surface area contributed by atoms with Crippen molar-refractivity contribution in [3.63, 3.8) is 0 Å². The summed E-state index contributed by atoms with van der Waals surface area (Å²) in [5.74, 6) is 3.65. The summed E-state index contributed by atoms with van der Waals surface area (Å²) in [4.78, 5) is 0. The van der Waals surface area contributed by atoms with Gasteiger partial charge in [0.2, 0.25) is 0 Å². The lowest BCUT2D eigenvalue weighted by Crippen LogP contribution is -2.13. The van der Waals surface area contributed by atoms with Gasteiger partial charge in [-0.05, 0) is 21.6 Å². The predicted molar refractivity (Wildman–Crippen MR) is 265 cm³/mol. The van der Waals surface area contributed by atoms with E-state index >= 15 is 0 Å². The molecule has 0 fully saturated rings. The normalized spacial score (nSPS) is 21.2. The highest BCUT2D eigenvalue weighted by molar-refractivity contribution is 8.43. The predicted octanol–water partition coefficient (Wildman–Crippen LogP) is 10.5. The molecular weight excluding hydrogens is 977 g/mol. The number of hydrogen-bond acceptors (Lipinski definition) is 22. The van der Waals surface area contributed by atoms with E-state index in [2.05, 4.69) is 21.6 Å². The molecule has 0 N–H and O–H groups in total. The van der Waals surface area contributed by atoms with Gasteiger partial charge in [0, 0.05) is 23.0 Å². The molecule has 0 unspecified atom stereocenters. The van der Waals surface area contributed by atoms with Crippen molar-refractivity contribution in [3.8, 4) is 0 Å². The van der Waals surface area contributed by atoms with Crippen molar-refractivity contribution in [2.45, 2.75) is 0 Å². The van der Waals surface area contributed by atoms with Crippen LogP contribution >= 0.6 is 141 Å². The van der Waals surface area contributed by atoms with Crippen LogP contribution in [0.3, 0.4) is 0 Å². The van der Waals surface area contributed by atoms with E-state index in [0.717, 1.165) is 29.6 Å². The average Bonchev–Trinajstić information content (AvgIpc) is 4.08. The second-order valence-corrected chi connectivity index (χ2v) is 25.6. The van der Waals surface area contributed by atoms with Gasteiger partial charge in [-0.1, -0.05) is 94.1 Å². The van der Waals surface area contributed by atoms with Crippen LogP contribution in [0.5, 0.6) is 0 Å². The molecule has 0 amide bonds. The Morgan fingerprint density at radius 1 is 0.414 bits per heavy atom. The molecule has 0 aromatic carbocycles. The second kappa shape index (κ2) is 34.6. The Bertz CT molecular complexity index is 1360. The summed E-state index contributed by atoms with van der Waals surface area (Å²) in [6.45, 7) is 11.8. The molecule has 5 aliphatic rings. The van der Waals surface area contributed by atoms with Crippen LogP contribution < -0.4 is 0 Å². The van der Waals surface area contributed by atoms with E-state index < -0.39 is 0 Å². The zero-order valence-corrected chi connectivity index (χ0v) is 42.1. The van der Waals surface area contributed by atoms with E-state index in [1.54, 1.807) is 0 Å². The summed E-state index contributed by atoms with van der Waals surface area (Å²) in [6.07, 6.45) is 0. The maximum Gasteiger partial charge on any atom is 0.0717 e. The molecule has 10 nitrogen and oxygen atoms in total. The van der Waals surface area contributed by atoms with E-state index in [1.807, 2.05) is 141 Å².